The Balaban J connectivity index is 2.66. The highest BCUT2D eigenvalue weighted by molar-refractivity contribution is 7.78. The summed E-state index contributed by atoms with van der Waals surface area (Å²) in [7, 11) is 0. The number of isothiocyanates is 1. The number of hydrogen-bond acceptors (Lipinski definition) is 4. The molecule has 0 heterocycles. The van der Waals surface area contributed by atoms with E-state index in [9.17, 15) is 4.79 Å². The maximum Gasteiger partial charge on any atom is 0.331 e. The van der Waals surface area contributed by atoms with E-state index in [0.717, 1.165) is 12.8 Å². The van der Waals surface area contributed by atoms with Gasteiger partial charge in [-0.3, -0.25) is 0 Å². The smallest absolute Gasteiger partial charge is 0.331 e. The number of esters is 1. The minimum atomic E-state index is -0.535. The molecule has 0 saturated heterocycles. The third-order valence-electron chi connectivity index (χ3n) is 3.82. The third-order valence-corrected chi connectivity index (χ3v) is 3.92. The summed E-state index contributed by atoms with van der Waals surface area (Å²) >= 11 is 4.51. The van der Waals surface area contributed by atoms with Gasteiger partial charge in [-0.05, 0) is 49.7 Å². The van der Waals surface area contributed by atoms with Crippen LogP contribution in [0.15, 0.2) is 4.99 Å². The zero-order chi connectivity index (χ0) is 13.7. The molecule has 0 aromatic heterocycles. The standard InChI is InChI=1S/C14H23NO2S/c1-9(2)12-6-5-10(3)7-13(12)17-14(16)11(4)15-8-18/h9-13H,5-7H2,1-4H3/t10-,11-,12+,13-/m1/s1. The predicted molar refractivity (Wildman–Crippen MR) is 75.7 cm³/mol. The van der Waals surface area contributed by atoms with Crippen molar-refractivity contribution in [1.29, 1.82) is 0 Å². The summed E-state index contributed by atoms with van der Waals surface area (Å²) in [5, 5.41) is 2.24. The summed E-state index contributed by atoms with van der Waals surface area (Å²) in [4.78, 5) is 15.6. The fourth-order valence-corrected chi connectivity index (χ4v) is 2.79. The summed E-state index contributed by atoms with van der Waals surface area (Å²) in [5.74, 6) is 1.35. The minimum Gasteiger partial charge on any atom is -0.460 e. The molecule has 0 radical (unpaired) electrons. The Morgan fingerprint density at radius 3 is 2.61 bits per heavy atom. The number of carbonyl (C=O) groups excluding carboxylic acids is 1. The number of rotatable bonds is 4. The third kappa shape index (κ3) is 4.18. The molecule has 18 heavy (non-hydrogen) atoms. The van der Waals surface area contributed by atoms with Crippen LogP contribution in [-0.2, 0) is 9.53 Å². The lowest BCUT2D eigenvalue weighted by atomic mass is 9.75. The molecule has 1 fully saturated rings. The van der Waals surface area contributed by atoms with Crippen LogP contribution in [-0.4, -0.2) is 23.3 Å². The SMILES string of the molecule is CC(C)[C@@H]1CC[C@@H](C)C[C@H]1OC(=O)[C@@H](C)N=C=S. The molecule has 3 nitrogen and oxygen atoms in total. The van der Waals surface area contributed by atoms with Crippen molar-refractivity contribution in [2.75, 3.05) is 0 Å². The van der Waals surface area contributed by atoms with Crippen molar-refractivity contribution in [3.63, 3.8) is 0 Å². The molecule has 1 aliphatic carbocycles. The molecule has 0 N–H and O–H groups in total. The van der Waals surface area contributed by atoms with Crippen molar-refractivity contribution in [2.45, 2.75) is 59.1 Å². The van der Waals surface area contributed by atoms with Gasteiger partial charge in [-0.2, -0.15) is 0 Å². The van der Waals surface area contributed by atoms with Crippen LogP contribution in [0.4, 0.5) is 0 Å². The molecular formula is C14H23NO2S. The van der Waals surface area contributed by atoms with Crippen LogP contribution in [0, 0.1) is 17.8 Å². The number of ether oxygens (including phenoxy) is 1. The van der Waals surface area contributed by atoms with Crippen molar-refractivity contribution < 1.29 is 9.53 Å². The minimum absolute atomic E-state index is 0.0315. The molecule has 4 atom stereocenters. The van der Waals surface area contributed by atoms with Crippen molar-refractivity contribution in [3.05, 3.63) is 0 Å². The van der Waals surface area contributed by atoms with Gasteiger partial charge in [-0.25, -0.2) is 9.79 Å². The van der Waals surface area contributed by atoms with E-state index in [1.165, 1.54) is 6.42 Å². The monoisotopic (exact) mass is 269 g/mol. The fourth-order valence-electron chi connectivity index (χ4n) is 2.63. The molecule has 0 aromatic rings. The van der Waals surface area contributed by atoms with E-state index in [0.29, 0.717) is 17.8 Å². The van der Waals surface area contributed by atoms with Gasteiger partial charge in [0, 0.05) is 0 Å². The van der Waals surface area contributed by atoms with Crippen LogP contribution < -0.4 is 0 Å². The Kier molecular flexibility index (Phi) is 5.97. The molecule has 4 heteroatoms. The van der Waals surface area contributed by atoms with Crippen LogP contribution in [0.1, 0.15) is 47.0 Å². The summed E-state index contributed by atoms with van der Waals surface area (Å²) < 4.78 is 5.63. The van der Waals surface area contributed by atoms with Crippen LogP contribution >= 0.6 is 12.2 Å². The van der Waals surface area contributed by atoms with Crippen molar-refractivity contribution in [1.82, 2.24) is 0 Å². The van der Waals surface area contributed by atoms with E-state index in [1.54, 1.807) is 6.92 Å². The normalized spacial score (nSPS) is 29.5. The summed E-state index contributed by atoms with van der Waals surface area (Å²) in [5.41, 5.74) is 0. The van der Waals surface area contributed by atoms with Gasteiger partial charge in [0.25, 0.3) is 0 Å². The van der Waals surface area contributed by atoms with Gasteiger partial charge < -0.3 is 4.74 Å². The van der Waals surface area contributed by atoms with Crippen molar-refractivity contribution in [3.8, 4) is 0 Å². The Morgan fingerprint density at radius 2 is 2.06 bits per heavy atom. The first-order valence-electron chi connectivity index (χ1n) is 6.73. The summed E-state index contributed by atoms with van der Waals surface area (Å²) in [6.45, 7) is 8.30. The quantitative estimate of drug-likeness (QED) is 0.445. The second kappa shape index (κ2) is 7.01. The van der Waals surface area contributed by atoms with Gasteiger partial charge in [-0.15, -0.1) is 0 Å². The maximum absolute atomic E-state index is 11.9. The molecule has 1 aliphatic rings. The van der Waals surface area contributed by atoms with Crippen LogP contribution in [0.25, 0.3) is 0 Å². The highest BCUT2D eigenvalue weighted by atomic mass is 32.1. The first-order chi connectivity index (χ1) is 8.45. The van der Waals surface area contributed by atoms with Crippen LogP contribution in [0.3, 0.4) is 0 Å². The maximum atomic E-state index is 11.9. The van der Waals surface area contributed by atoms with Gasteiger partial charge in [0.1, 0.15) is 6.10 Å². The molecule has 0 unspecified atom stereocenters. The van der Waals surface area contributed by atoms with E-state index in [-0.39, 0.29) is 12.1 Å². The molecule has 1 saturated carbocycles. The van der Waals surface area contributed by atoms with Gasteiger partial charge in [0.05, 0.1) is 5.16 Å². The Bertz CT molecular complexity index is 337. The van der Waals surface area contributed by atoms with Gasteiger partial charge in [0.2, 0.25) is 0 Å². The average molecular weight is 269 g/mol. The largest absolute Gasteiger partial charge is 0.460 e. The molecule has 0 bridgehead atoms. The topological polar surface area (TPSA) is 38.7 Å². The van der Waals surface area contributed by atoms with Crippen molar-refractivity contribution >= 4 is 23.3 Å². The second-order valence-corrected chi connectivity index (χ2v) is 5.88. The predicted octanol–water partition coefficient (Wildman–Crippen LogP) is 3.48. The molecular weight excluding hydrogens is 246 g/mol. The zero-order valence-electron chi connectivity index (χ0n) is 11.7. The molecule has 1 rings (SSSR count). The van der Waals surface area contributed by atoms with E-state index >= 15 is 0 Å². The number of carbonyl (C=O) groups is 1. The van der Waals surface area contributed by atoms with Gasteiger partial charge in [0.15, 0.2) is 6.04 Å². The molecule has 0 aromatic carbocycles. The first-order valence-corrected chi connectivity index (χ1v) is 7.14. The lowest BCUT2D eigenvalue weighted by molar-refractivity contribution is -0.156. The Labute approximate surface area is 115 Å². The molecule has 0 aliphatic heterocycles. The first kappa shape index (κ1) is 15.3. The number of nitrogens with zero attached hydrogens (tertiary/aromatic N) is 1. The lowest BCUT2D eigenvalue weighted by Gasteiger charge is -2.36. The lowest BCUT2D eigenvalue weighted by Crippen LogP contribution is -2.37. The second-order valence-electron chi connectivity index (χ2n) is 5.70. The summed E-state index contributed by atoms with van der Waals surface area (Å²) in [6, 6.07) is -0.535. The van der Waals surface area contributed by atoms with E-state index in [1.807, 2.05) is 0 Å². The Hall–Kier alpha value is -0.730. The fraction of sp³-hybridized carbons (Fsp3) is 0.857. The van der Waals surface area contributed by atoms with Crippen LogP contribution in [0.2, 0.25) is 0 Å². The number of thiocarbonyl (C=S) groups is 1. The number of aliphatic imine (C=N–C) groups is 1. The van der Waals surface area contributed by atoms with E-state index < -0.39 is 6.04 Å². The van der Waals surface area contributed by atoms with E-state index in [4.69, 9.17) is 4.74 Å². The van der Waals surface area contributed by atoms with Crippen LogP contribution in [0.5, 0.6) is 0 Å². The molecule has 102 valence electrons. The average Bonchev–Trinajstić information content (AvgIpc) is 2.28. The van der Waals surface area contributed by atoms with Gasteiger partial charge >= 0.3 is 5.97 Å². The molecule has 0 amide bonds. The number of hydrogen-bond donors (Lipinski definition) is 0. The summed E-state index contributed by atoms with van der Waals surface area (Å²) in [6.07, 6.45) is 3.36. The van der Waals surface area contributed by atoms with Crippen molar-refractivity contribution in [2.24, 2.45) is 22.7 Å². The highest BCUT2D eigenvalue weighted by Gasteiger charge is 2.34. The highest BCUT2D eigenvalue weighted by Crippen LogP contribution is 2.35. The van der Waals surface area contributed by atoms with E-state index in [2.05, 4.69) is 43.1 Å². The van der Waals surface area contributed by atoms with Gasteiger partial charge in [-0.1, -0.05) is 27.2 Å². The molecule has 0 spiro atoms. The Morgan fingerprint density at radius 1 is 1.39 bits per heavy atom. The zero-order valence-corrected chi connectivity index (χ0v) is 12.5.